The van der Waals surface area contributed by atoms with Crippen LogP contribution in [0.2, 0.25) is 0 Å². The summed E-state index contributed by atoms with van der Waals surface area (Å²) in [7, 11) is 0. The molecular formula is C13H8Cl3IZr. The summed E-state index contributed by atoms with van der Waals surface area (Å²) in [4.78, 5) is 0. The zero-order valence-corrected chi connectivity index (χ0v) is 16.0. The van der Waals surface area contributed by atoms with Crippen LogP contribution in [0, 0.1) is 3.57 Å². The summed E-state index contributed by atoms with van der Waals surface area (Å²) in [5.41, 5.74) is 5.90. The third kappa shape index (κ3) is 3.15. The van der Waals surface area contributed by atoms with Gasteiger partial charge in [-0.05, 0) is 0 Å². The Hall–Kier alpha value is 0.923. The van der Waals surface area contributed by atoms with Crippen LogP contribution in [0.25, 0.3) is 11.1 Å². The summed E-state index contributed by atoms with van der Waals surface area (Å²) in [6.45, 7) is 0. The van der Waals surface area contributed by atoms with E-state index in [1.807, 2.05) is 0 Å². The Kier molecular flexibility index (Phi) is 8.03. The van der Waals surface area contributed by atoms with E-state index in [1.54, 1.807) is 24.7 Å². The molecule has 18 heavy (non-hydrogen) atoms. The maximum absolute atomic E-state index is 2.39. The van der Waals surface area contributed by atoms with Crippen LogP contribution in [0.1, 0.15) is 14.8 Å². The molecule has 1 aliphatic rings. The number of hydrogen-bond donors (Lipinski definition) is 0. The first kappa shape index (κ1) is 18.9. The van der Waals surface area contributed by atoms with Crippen molar-refractivity contribution in [2.45, 2.75) is 3.63 Å². The van der Waals surface area contributed by atoms with Crippen LogP contribution < -0.4 is 37.2 Å². The fraction of sp³-hybridized carbons (Fsp3) is 0.0769. The van der Waals surface area contributed by atoms with E-state index in [1.165, 1.54) is 25.8 Å². The van der Waals surface area contributed by atoms with E-state index in [9.17, 15) is 0 Å². The zero-order valence-electron chi connectivity index (χ0n) is 9.13. The van der Waals surface area contributed by atoms with E-state index in [4.69, 9.17) is 0 Å². The monoisotopic (exact) mass is 486 g/mol. The molecule has 0 fully saturated rings. The molecule has 0 aliphatic heterocycles. The third-order valence-corrected chi connectivity index (χ3v) is 5.09. The van der Waals surface area contributed by atoms with Gasteiger partial charge in [0, 0.05) is 0 Å². The van der Waals surface area contributed by atoms with Crippen molar-refractivity contribution in [2.24, 2.45) is 0 Å². The summed E-state index contributed by atoms with van der Waals surface area (Å²) < 4.78 is 1.98. The van der Waals surface area contributed by atoms with Gasteiger partial charge in [0.1, 0.15) is 0 Å². The van der Waals surface area contributed by atoms with Gasteiger partial charge in [0.05, 0.1) is 0 Å². The topological polar surface area (TPSA) is 0 Å². The van der Waals surface area contributed by atoms with Crippen LogP contribution in [0.5, 0.6) is 0 Å². The van der Waals surface area contributed by atoms with Crippen molar-refractivity contribution in [2.75, 3.05) is 0 Å². The van der Waals surface area contributed by atoms with Crippen molar-refractivity contribution < 1.29 is 61.9 Å². The van der Waals surface area contributed by atoms with Gasteiger partial charge < -0.3 is 37.2 Å². The molecular weight excluding hydrogens is 481 g/mol. The first-order chi connectivity index (χ1) is 7.27. The molecule has 2 aromatic carbocycles. The molecule has 1 atom stereocenters. The second-order valence-corrected chi connectivity index (χ2v) is 6.42. The van der Waals surface area contributed by atoms with Gasteiger partial charge in [-0.15, -0.1) is 0 Å². The molecule has 3 rings (SSSR count). The Balaban J connectivity index is 0.000000963. The van der Waals surface area contributed by atoms with E-state index in [0.717, 1.165) is 0 Å². The summed E-state index contributed by atoms with van der Waals surface area (Å²) in [6.07, 6.45) is 0. The standard InChI is InChI=1S/C13H8I.3ClH.Zr/c14-11-5-6-13-10(8-11)7-9-3-1-2-4-12(9)13;;;;/h1-8H;3*1H;/q;;;;+3/p-3. The van der Waals surface area contributed by atoms with Crippen molar-refractivity contribution >= 4 is 22.6 Å². The first-order valence-corrected chi connectivity index (χ1v) is 7.37. The van der Waals surface area contributed by atoms with Gasteiger partial charge in [0.2, 0.25) is 0 Å². The number of benzene rings is 2. The van der Waals surface area contributed by atoms with E-state index in [-0.39, 0.29) is 37.2 Å². The van der Waals surface area contributed by atoms with Crippen LogP contribution >= 0.6 is 22.6 Å². The molecule has 1 unspecified atom stereocenters. The molecule has 2 aromatic rings. The van der Waals surface area contributed by atoms with E-state index in [2.05, 4.69) is 65.1 Å². The fourth-order valence-corrected chi connectivity index (χ4v) is 3.90. The Bertz CT molecular complexity index is 546. The summed E-state index contributed by atoms with van der Waals surface area (Å²) in [6, 6.07) is 15.6. The molecule has 92 valence electrons. The molecule has 0 N–H and O–H groups in total. The SMILES string of the molecule is [Cl-].[Cl-].[Cl-].[Zr+3][CH]1c2ccccc2-c2ccc(I)cc21. The van der Waals surface area contributed by atoms with Gasteiger partial charge in [-0.3, -0.25) is 0 Å². The molecule has 0 saturated carbocycles. The quantitative estimate of drug-likeness (QED) is 0.326. The average Bonchev–Trinajstić information content (AvgIpc) is 2.54. The second-order valence-electron chi connectivity index (χ2n) is 3.75. The van der Waals surface area contributed by atoms with Gasteiger partial charge in [-0.1, -0.05) is 0 Å². The van der Waals surface area contributed by atoms with Gasteiger partial charge in [0.25, 0.3) is 0 Å². The van der Waals surface area contributed by atoms with Crippen LogP contribution in [0.4, 0.5) is 0 Å². The minimum absolute atomic E-state index is 0. The summed E-state index contributed by atoms with van der Waals surface area (Å²) in [5, 5.41) is 0. The zero-order chi connectivity index (χ0) is 10.4. The van der Waals surface area contributed by atoms with Gasteiger partial charge in [0.15, 0.2) is 0 Å². The Morgan fingerprint density at radius 1 is 0.833 bits per heavy atom. The van der Waals surface area contributed by atoms with Gasteiger partial charge in [-0.2, -0.15) is 0 Å². The molecule has 0 bridgehead atoms. The molecule has 0 spiro atoms. The number of hydrogen-bond acceptors (Lipinski definition) is 0. The van der Waals surface area contributed by atoms with Crippen molar-refractivity contribution in [3.63, 3.8) is 0 Å². The normalized spacial score (nSPS) is 14.5. The van der Waals surface area contributed by atoms with Crippen molar-refractivity contribution in [3.8, 4) is 11.1 Å². The van der Waals surface area contributed by atoms with E-state index in [0.29, 0.717) is 3.63 Å². The van der Waals surface area contributed by atoms with Crippen LogP contribution in [0.3, 0.4) is 0 Å². The van der Waals surface area contributed by atoms with Gasteiger partial charge >= 0.3 is 119 Å². The number of halogens is 4. The van der Waals surface area contributed by atoms with E-state index < -0.39 is 0 Å². The summed E-state index contributed by atoms with van der Waals surface area (Å²) in [5.74, 6) is 0. The molecule has 0 aromatic heterocycles. The molecule has 0 heterocycles. The molecule has 0 saturated heterocycles. The molecule has 5 heteroatoms. The molecule has 0 amide bonds. The first-order valence-electron chi connectivity index (χ1n) is 4.87. The van der Waals surface area contributed by atoms with Crippen LogP contribution in [-0.4, -0.2) is 0 Å². The Morgan fingerprint density at radius 2 is 1.44 bits per heavy atom. The molecule has 1 aliphatic carbocycles. The Morgan fingerprint density at radius 3 is 2.17 bits per heavy atom. The third-order valence-electron chi connectivity index (χ3n) is 2.89. The summed E-state index contributed by atoms with van der Waals surface area (Å²) >= 11 is 3.98. The minimum atomic E-state index is 0. The number of fused-ring (bicyclic) bond motifs is 3. The predicted molar refractivity (Wildman–Crippen MR) is 66.4 cm³/mol. The number of rotatable bonds is 0. The molecule has 0 radical (unpaired) electrons. The van der Waals surface area contributed by atoms with Crippen molar-refractivity contribution in [1.29, 1.82) is 0 Å². The van der Waals surface area contributed by atoms with Gasteiger partial charge in [-0.25, -0.2) is 0 Å². The van der Waals surface area contributed by atoms with E-state index >= 15 is 0 Å². The fourth-order valence-electron chi connectivity index (χ4n) is 2.18. The van der Waals surface area contributed by atoms with Crippen molar-refractivity contribution in [1.82, 2.24) is 0 Å². The second kappa shape index (κ2) is 7.64. The predicted octanol–water partition coefficient (Wildman–Crippen LogP) is -5.08. The maximum atomic E-state index is 2.39. The Labute approximate surface area is 155 Å². The molecule has 0 nitrogen and oxygen atoms in total. The van der Waals surface area contributed by atoms with Crippen LogP contribution in [-0.2, 0) is 24.7 Å². The average molecular weight is 489 g/mol. The van der Waals surface area contributed by atoms with Crippen molar-refractivity contribution in [3.05, 3.63) is 57.2 Å². The van der Waals surface area contributed by atoms with Crippen LogP contribution in [0.15, 0.2) is 42.5 Å².